The molecular formula is C70H118O6. The molecule has 0 aromatic heterocycles. The van der Waals surface area contributed by atoms with Crippen molar-refractivity contribution in [1.82, 2.24) is 0 Å². The van der Waals surface area contributed by atoms with Gasteiger partial charge < -0.3 is 14.2 Å². The van der Waals surface area contributed by atoms with Gasteiger partial charge in [0.2, 0.25) is 0 Å². The maximum Gasteiger partial charge on any atom is 0.306 e. The van der Waals surface area contributed by atoms with Gasteiger partial charge in [-0.2, -0.15) is 0 Å². The van der Waals surface area contributed by atoms with Crippen LogP contribution in [0.3, 0.4) is 0 Å². The minimum absolute atomic E-state index is 0.102. The Labute approximate surface area is 470 Å². The van der Waals surface area contributed by atoms with Gasteiger partial charge in [-0.05, 0) is 122 Å². The Morgan fingerprint density at radius 2 is 0.526 bits per heavy atom. The maximum absolute atomic E-state index is 12.9. The Morgan fingerprint density at radius 1 is 0.276 bits per heavy atom. The minimum atomic E-state index is -0.810. The van der Waals surface area contributed by atoms with Gasteiger partial charge >= 0.3 is 17.9 Å². The van der Waals surface area contributed by atoms with Crippen molar-refractivity contribution in [3.63, 3.8) is 0 Å². The van der Waals surface area contributed by atoms with Crippen molar-refractivity contribution in [2.75, 3.05) is 13.2 Å². The molecule has 0 aromatic rings. The van der Waals surface area contributed by atoms with Crippen LogP contribution >= 0.6 is 0 Å². The highest BCUT2D eigenvalue weighted by Gasteiger charge is 2.19. The first-order chi connectivity index (χ1) is 37.5. The van der Waals surface area contributed by atoms with Crippen LogP contribution in [-0.4, -0.2) is 37.2 Å². The second-order valence-corrected chi connectivity index (χ2v) is 20.9. The molecule has 1 atom stereocenters. The van der Waals surface area contributed by atoms with Crippen LogP contribution in [0.4, 0.5) is 0 Å². The van der Waals surface area contributed by atoms with Crippen molar-refractivity contribution in [2.24, 2.45) is 0 Å². The summed E-state index contributed by atoms with van der Waals surface area (Å²) in [4.78, 5) is 38.3. The number of allylic oxidation sites excluding steroid dienone is 18. The third-order valence-corrected chi connectivity index (χ3v) is 13.5. The number of carbonyl (C=O) groups excluding carboxylic acids is 3. The van der Waals surface area contributed by atoms with Crippen molar-refractivity contribution in [3.8, 4) is 0 Å². The van der Waals surface area contributed by atoms with Crippen LogP contribution in [0, 0.1) is 0 Å². The summed E-state index contributed by atoms with van der Waals surface area (Å²) in [6.07, 6.45) is 86.6. The molecule has 434 valence electrons. The summed E-state index contributed by atoms with van der Waals surface area (Å²) >= 11 is 0. The molecule has 0 aliphatic heterocycles. The van der Waals surface area contributed by atoms with E-state index >= 15 is 0 Å². The van der Waals surface area contributed by atoms with E-state index in [1.54, 1.807) is 0 Å². The van der Waals surface area contributed by atoms with Crippen LogP contribution in [0.15, 0.2) is 109 Å². The van der Waals surface area contributed by atoms with Gasteiger partial charge in [0.25, 0.3) is 0 Å². The van der Waals surface area contributed by atoms with Gasteiger partial charge in [0, 0.05) is 19.3 Å². The van der Waals surface area contributed by atoms with Gasteiger partial charge in [-0.1, -0.05) is 265 Å². The number of ether oxygens (including phenoxy) is 3. The summed E-state index contributed by atoms with van der Waals surface area (Å²) in [5, 5.41) is 0. The van der Waals surface area contributed by atoms with Gasteiger partial charge in [-0.3, -0.25) is 14.4 Å². The molecule has 0 aliphatic carbocycles. The molecule has 0 fully saturated rings. The molecule has 0 saturated carbocycles. The molecule has 76 heavy (non-hydrogen) atoms. The van der Waals surface area contributed by atoms with E-state index in [4.69, 9.17) is 14.2 Å². The van der Waals surface area contributed by atoms with E-state index in [1.165, 1.54) is 154 Å². The van der Waals surface area contributed by atoms with E-state index in [1.807, 2.05) is 0 Å². The lowest BCUT2D eigenvalue weighted by atomic mass is 10.1. The average Bonchev–Trinajstić information content (AvgIpc) is 3.42. The monoisotopic (exact) mass is 1050 g/mol. The molecule has 1 unspecified atom stereocenters. The molecule has 0 amide bonds. The second-order valence-electron chi connectivity index (χ2n) is 20.9. The Kier molecular flexibility index (Phi) is 60.3. The van der Waals surface area contributed by atoms with Crippen LogP contribution in [0.5, 0.6) is 0 Å². The first kappa shape index (κ1) is 72.1. The summed E-state index contributed by atoms with van der Waals surface area (Å²) in [7, 11) is 0. The smallest absolute Gasteiger partial charge is 0.306 e. The van der Waals surface area contributed by atoms with Crippen LogP contribution in [0.25, 0.3) is 0 Å². The molecule has 0 aromatic carbocycles. The fraction of sp³-hybridized carbons (Fsp3) is 0.700. The van der Waals surface area contributed by atoms with Crippen molar-refractivity contribution in [2.45, 2.75) is 303 Å². The van der Waals surface area contributed by atoms with Crippen LogP contribution in [0.1, 0.15) is 297 Å². The number of carbonyl (C=O) groups is 3. The number of hydrogen-bond donors (Lipinski definition) is 0. The second kappa shape index (κ2) is 63.6. The quantitative estimate of drug-likeness (QED) is 0.0261. The molecule has 6 nitrogen and oxygen atoms in total. The highest BCUT2D eigenvalue weighted by atomic mass is 16.6. The van der Waals surface area contributed by atoms with Crippen molar-refractivity contribution in [1.29, 1.82) is 0 Å². The number of rotatable bonds is 57. The molecule has 6 heteroatoms. The van der Waals surface area contributed by atoms with Crippen LogP contribution < -0.4 is 0 Å². The Bertz CT molecular complexity index is 1540. The molecule has 0 rings (SSSR count). The normalized spacial score (nSPS) is 12.8. The largest absolute Gasteiger partial charge is 0.462 e. The topological polar surface area (TPSA) is 78.9 Å². The van der Waals surface area contributed by atoms with Gasteiger partial charge in [-0.25, -0.2) is 0 Å². The zero-order valence-corrected chi connectivity index (χ0v) is 49.7. The molecule has 0 heterocycles. The van der Waals surface area contributed by atoms with Gasteiger partial charge in [0.05, 0.1) is 0 Å². The molecule has 0 spiro atoms. The third-order valence-electron chi connectivity index (χ3n) is 13.5. The van der Waals surface area contributed by atoms with E-state index in [0.29, 0.717) is 19.3 Å². The maximum atomic E-state index is 12.9. The Hall–Kier alpha value is -3.93. The molecule has 0 bridgehead atoms. The molecule has 0 N–H and O–H groups in total. The van der Waals surface area contributed by atoms with Gasteiger partial charge in [0.15, 0.2) is 6.10 Å². The van der Waals surface area contributed by atoms with E-state index < -0.39 is 6.10 Å². The predicted octanol–water partition coefficient (Wildman–Crippen LogP) is 21.8. The fourth-order valence-corrected chi connectivity index (χ4v) is 8.72. The number of esters is 3. The lowest BCUT2D eigenvalue weighted by Crippen LogP contribution is -2.30. The number of unbranched alkanes of at least 4 members (excludes halogenated alkanes) is 28. The van der Waals surface area contributed by atoms with Crippen molar-refractivity contribution >= 4 is 17.9 Å². The average molecular weight is 1060 g/mol. The zero-order valence-electron chi connectivity index (χ0n) is 49.7. The van der Waals surface area contributed by atoms with Gasteiger partial charge in [0.1, 0.15) is 13.2 Å². The summed E-state index contributed by atoms with van der Waals surface area (Å²) in [6, 6.07) is 0. The predicted molar refractivity (Wildman–Crippen MR) is 330 cm³/mol. The lowest BCUT2D eigenvalue weighted by Gasteiger charge is -2.18. The summed E-state index contributed by atoms with van der Waals surface area (Å²) in [6.45, 7) is 6.47. The van der Waals surface area contributed by atoms with Crippen molar-refractivity contribution in [3.05, 3.63) is 109 Å². The standard InChI is InChI=1S/C70H118O6/c1-4-7-10-13-16-19-22-25-28-31-33-34-35-36-37-40-42-45-48-51-54-57-60-63-69(72)75-66-67(65-74-68(71)62-59-56-53-50-47-44-41-38-30-27-24-21-18-15-12-9-6-3)76-70(73)64-61-58-55-52-49-46-43-39-32-29-26-23-20-17-14-11-8-5-2/h9,12,18,21-22,25,27,29-33,35-36,41,44,50,53,67H,4-8,10-11,13-17,19-20,23-24,26,28,34,37-40,42-43,45-49,51-52,54-66H2,1-3H3/b12-9-,21-18-,25-22-,30-27-,32-29-,33-31-,36-35-,44-41-,53-50-. The Morgan fingerprint density at radius 3 is 0.868 bits per heavy atom. The van der Waals surface area contributed by atoms with Crippen molar-refractivity contribution < 1.29 is 28.6 Å². The third kappa shape index (κ3) is 60.9. The Balaban J connectivity index is 4.46. The first-order valence-corrected chi connectivity index (χ1v) is 31.9. The van der Waals surface area contributed by atoms with E-state index in [0.717, 1.165) is 96.3 Å². The van der Waals surface area contributed by atoms with E-state index in [2.05, 4.69) is 130 Å². The van der Waals surface area contributed by atoms with Crippen LogP contribution in [-0.2, 0) is 28.6 Å². The summed E-state index contributed by atoms with van der Waals surface area (Å²) in [5.74, 6) is -0.967. The first-order valence-electron chi connectivity index (χ1n) is 31.9. The molecule has 0 saturated heterocycles. The number of hydrogen-bond acceptors (Lipinski definition) is 6. The van der Waals surface area contributed by atoms with Crippen LogP contribution in [0.2, 0.25) is 0 Å². The van der Waals surface area contributed by atoms with E-state index in [9.17, 15) is 14.4 Å². The molecular weight excluding hydrogens is 937 g/mol. The zero-order chi connectivity index (χ0) is 55.0. The minimum Gasteiger partial charge on any atom is -0.462 e. The molecule has 0 radical (unpaired) electrons. The highest BCUT2D eigenvalue weighted by molar-refractivity contribution is 5.71. The fourth-order valence-electron chi connectivity index (χ4n) is 8.72. The summed E-state index contributed by atoms with van der Waals surface area (Å²) in [5.41, 5.74) is 0. The SMILES string of the molecule is CC/C=C\C/C=C\C/C=C\C/C=C\C/C=C\CCCC(=O)OCC(COC(=O)CCCCCCCCCC/C=C\C/C=C\C/C=C\CCCCCCC)OC(=O)CCCCCCCCC/C=C\CCCCCCCCC. The van der Waals surface area contributed by atoms with Gasteiger partial charge in [-0.15, -0.1) is 0 Å². The van der Waals surface area contributed by atoms with E-state index in [-0.39, 0.29) is 37.5 Å². The summed E-state index contributed by atoms with van der Waals surface area (Å²) < 4.78 is 16.9. The molecule has 0 aliphatic rings. The lowest BCUT2D eigenvalue weighted by molar-refractivity contribution is -0.167. The highest BCUT2D eigenvalue weighted by Crippen LogP contribution is 2.15.